The molecular formula is C13H19FN4O3S. The lowest BCUT2D eigenvalue weighted by atomic mass is 9.90. The second-order valence-electron chi connectivity index (χ2n) is 5.96. The van der Waals surface area contributed by atoms with Gasteiger partial charge in [-0.15, -0.1) is 0 Å². The summed E-state index contributed by atoms with van der Waals surface area (Å²) in [7, 11) is -3.20. The molecule has 122 valence electrons. The van der Waals surface area contributed by atoms with E-state index in [2.05, 4.69) is 15.3 Å². The lowest BCUT2D eigenvalue weighted by Crippen LogP contribution is -2.50. The number of aromatic nitrogens is 2. The third kappa shape index (κ3) is 3.36. The van der Waals surface area contributed by atoms with Gasteiger partial charge in [0, 0.05) is 19.5 Å². The molecule has 2 saturated heterocycles. The smallest absolute Gasteiger partial charge is 0.223 e. The number of rotatable bonds is 3. The van der Waals surface area contributed by atoms with Gasteiger partial charge in [-0.05, 0) is 12.8 Å². The molecule has 0 saturated carbocycles. The zero-order valence-electron chi connectivity index (χ0n) is 12.3. The molecule has 0 unspecified atom stereocenters. The second kappa shape index (κ2) is 5.71. The Hall–Kier alpha value is -1.32. The maximum Gasteiger partial charge on any atom is 0.223 e. The standard InChI is InChI=1S/C13H19FN4O3S/c1-22(19,20)18-4-2-3-13(9-18)5-11(8-21-13)17-12-15-6-10(14)7-16-12/h6-7,11H,2-5,8-9H2,1H3,(H,15,16,17)/t11-,13+/m0/s1. The van der Waals surface area contributed by atoms with Crippen LogP contribution in [0.3, 0.4) is 0 Å². The molecule has 22 heavy (non-hydrogen) atoms. The van der Waals surface area contributed by atoms with Crippen LogP contribution in [-0.2, 0) is 14.8 Å². The molecule has 2 aliphatic rings. The van der Waals surface area contributed by atoms with Crippen LogP contribution in [0.25, 0.3) is 0 Å². The number of hydrogen-bond donors (Lipinski definition) is 1. The van der Waals surface area contributed by atoms with Crippen molar-refractivity contribution in [2.24, 2.45) is 0 Å². The number of halogens is 1. The largest absolute Gasteiger partial charge is 0.371 e. The SMILES string of the molecule is CS(=O)(=O)N1CCC[C@@]2(C[C@H](Nc3ncc(F)cn3)CO2)C1. The van der Waals surface area contributed by atoms with Crippen molar-refractivity contribution in [2.75, 3.05) is 31.3 Å². The summed E-state index contributed by atoms with van der Waals surface area (Å²) < 4.78 is 43.7. The Morgan fingerprint density at radius 1 is 1.45 bits per heavy atom. The lowest BCUT2D eigenvalue weighted by Gasteiger charge is -2.38. The Balaban J connectivity index is 1.65. The van der Waals surface area contributed by atoms with Gasteiger partial charge in [0.2, 0.25) is 16.0 Å². The summed E-state index contributed by atoms with van der Waals surface area (Å²) in [6.07, 6.45) is 5.73. The van der Waals surface area contributed by atoms with Crippen molar-refractivity contribution in [3.63, 3.8) is 0 Å². The van der Waals surface area contributed by atoms with Gasteiger partial charge in [0.25, 0.3) is 0 Å². The Labute approximate surface area is 128 Å². The number of nitrogens with one attached hydrogen (secondary N) is 1. The predicted molar refractivity (Wildman–Crippen MR) is 78.4 cm³/mol. The Kier molecular flexibility index (Phi) is 4.04. The Morgan fingerprint density at radius 2 is 2.18 bits per heavy atom. The summed E-state index contributed by atoms with van der Waals surface area (Å²) in [6, 6.07) is -0.00929. The fraction of sp³-hybridized carbons (Fsp3) is 0.692. The highest BCUT2D eigenvalue weighted by Crippen LogP contribution is 2.36. The van der Waals surface area contributed by atoms with E-state index in [4.69, 9.17) is 4.74 Å². The van der Waals surface area contributed by atoms with Crippen LogP contribution in [0, 0.1) is 5.82 Å². The highest BCUT2D eigenvalue weighted by atomic mass is 32.2. The molecule has 1 aromatic rings. The zero-order chi connectivity index (χ0) is 15.8. The fourth-order valence-electron chi connectivity index (χ4n) is 3.13. The molecule has 2 atom stereocenters. The monoisotopic (exact) mass is 330 g/mol. The molecule has 3 rings (SSSR count). The quantitative estimate of drug-likeness (QED) is 0.874. The van der Waals surface area contributed by atoms with Crippen LogP contribution in [0.2, 0.25) is 0 Å². The minimum absolute atomic E-state index is 0.00929. The van der Waals surface area contributed by atoms with Crippen molar-refractivity contribution in [3.05, 3.63) is 18.2 Å². The first-order chi connectivity index (χ1) is 10.4. The van der Waals surface area contributed by atoms with Crippen molar-refractivity contribution >= 4 is 16.0 Å². The van der Waals surface area contributed by atoms with E-state index in [-0.39, 0.29) is 6.04 Å². The first-order valence-electron chi connectivity index (χ1n) is 7.20. The van der Waals surface area contributed by atoms with Crippen LogP contribution in [0.4, 0.5) is 10.3 Å². The molecule has 0 amide bonds. The van der Waals surface area contributed by atoms with Crippen LogP contribution in [0.1, 0.15) is 19.3 Å². The molecule has 9 heteroatoms. The molecule has 1 aromatic heterocycles. The maximum absolute atomic E-state index is 12.8. The first kappa shape index (κ1) is 15.6. The van der Waals surface area contributed by atoms with Gasteiger partial charge < -0.3 is 10.1 Å². The van der Waals surface area contributed by atoms with Gasteiger partial charge in [0.05, 0.1) is 36.9 Å². The van der Waals surface area contributed by atoms with Crippen LogP contribution < -0.4 is 5.32 Å². The van der Waals surface area contributed by atoms with E-state index in [0.717, 1.165) is 25.2 Å². The molecule has 0 aliphatic carbocycles. The molecule has 2 aliphatic heterocycles. The van der Waals surface area contributed by atoms with E-state index < -0.39 is 21.4 Å². The van der Waals surface area contributed by atoms with Gasteiger partial charge in [-0.1, -0.05) is 0 Å². The normalized spacial score (nSPS) is 29.8. The summed E-state index contributed by atoms with van der Waals surface area (Å²) in [5.41, 5.74) is -0.445. The molecule has 2 fully saturated rings. The topological polar surface area (TPSA) is 84.4 Å². The number of hydrogen-bond acceptors (Lipinski definition) is 6. The highest BCUT2D eigenvalue weighted by Gasteiger charge is 2.45. The second-order valence-corrected chi connectivity index (χ2v) is 7.95. The van der Waals surface area contributed by atoms with Gasteiger partial charge in [0.1, 0.15) is 0 Å². The molecule has 1 N–H and O–H groups in total. The van der Waals surface area contributed by atoms with Gasteiger partial charge >= 0.3 is 0 Å². The van der Waals surface area contributed by atoms with E-state index in [1.54, 1.807) is 0 Å². The summed E-state index contributed by atoms with van der Waals surface area (Å²) in [4.78, 5) is 7.74. The van der Waals surface area contributed by atoms with Crippen molar-refractivity contribution in [3.8, 4) is 0 Å². The first-order valence-corrected chi connectivity index (χ1v) is 9.04. The molecule has 7 nitrogen and oxygen atoms in total. The fourth-order valence-corrected chi connectivity index (χ4v) is 4.06. The summed E-state index contributed by atoms with van der Waals surface area (Å²) in [6.45, 7) is 1.38. The number of sulfonamides is 1. The highest BCUT2D eigenvalue weighted by molar-refractivity contribution is 7.88. The van der Waals surface area contributed by atoms with Crippen LogP contribution in [0.15, 0.2) is 12.4 Å². The van der Waals surface area contributed by atoms with E-state index in [0.29, 0.717) is 32.1 Å². The van der Waals surface area contributed by atoms with E-state index in [9.17, 15) is 12.8 Å². The molecule has 1 spiro atoms. The zero-order valence-corrected chi connectivity index (χ0v) is 13.1. The predicted octanol–water partition coefficient (Wildman–Crippen LogP) is 0.611. The Bertz CT molecular complexity index is 639. The van der Waals surface area contributed by atoms with Crippen molar-refractivity contribution in [1.82, 2.24) is 14.3 Å². The Morgan fingerprint density at radius 3 is 2.86 bits per heavy atom. The van der Waals surface area contributed by atoms with Gasteiger partial charge in [-0.3, -0.25) is 0 Å². The van der Waals surface area contributed by atoms with Crippen LogP contribution >= 0.6 is 0 Å². The molecular weight excluding hydrogens is 311 g/mol. The average molecular weight is 330 g/mol. The minimum atomic E-state index is -3.20. The lowest BCUT2D eigenvalue weighted by molar-refractivity contribution is -0.0328. The summed E-state index contributed by atoms with van der Waals surface area (Å²) in [5.74, 6) is -0.136. The minimum Gasteiger partial charge on any atom is -0.371 e. The molecule has 0 radical (unpaired) electrons. The molecule has 3 heterocycles. The van der Waals surface area contributed by atoms with Crippen LogP contribution in [-0.4, -0.2) is 60.3 Å². The van der Waals surface area contributed by atoms with Gasteiger partial charge in [-0.2, -0.15) is 4.31 Å². The van der Waals surface area contributed by atoms with Gasteiger partial charge in [0.15, 0.2) is 5.82 Å². The average Bonchev–Trinajstić information content (AvgIpc) is 2.83. The van der Waals surface area contributed by atoms with E-state index >= 15 is 0 Å². The molecule has 0 bridgehead atoms. The number of ether oxygens (including phenoxy) is 1. The van der Waals surface area contributed by atoms with Crippen molar-refractivity contribution in [2.45, 2.75) is 30.9 Å². The number of nitrogens with zero attached hydrogens (tertiary/aromatic N) is 3. The van der Waals surface area contributed by atoms with Gasteiger partial charge in [-0.25, -0.2) is 22.8 Å². The third-order valence-corrected chi connectivity index (χ3v) is 5.39. The summed E-state index contributed by atoms with van der Waals surface area (Å²) >= 11 is 0. The number of piperidine rings is 1. The van der Waals surface area contributed by atoms with Crippen molar-refractivity contribution in [1.29, 1.82) is 0 Å². The van der Waals surface area contributed by atoms with E-state index in [1.165, 1.54) is 10.6 Å². The molecule has 0 aromatic carbocycles. The third-order valence-electron chi connectivity index (χ3n) is 4.14. The van der Waals surface area contributed by atoms with Crippen LogP contribution in [0.5, 0.6) is 0 Å². The maximum atomic E-state index is 12.8. The van der Waals surface area contributed by atoms with E-state index in [1.807, 2.05) is 0 Å². The van der Waals surface area contributed by atoms with Crippen molar-refractivity contribution < 1.29 is 17.5 Å². The summed E-state index contributed by atoms with van der Waals surface area (Å²) in [5, 5.41) is 3.11. The number of anilines is 1.